The van der Waals surface area contributed by atoms with Gasteiger partial charge in [0.1, 0.15) is 0 Å². The number of hydrogen-bond acceptors (Lipinski definition) is 4. The van der Waals surface area contributed by atoms with Crippen molar-refractivity contribution in [3.05, 3.63) is 23.3 Å². The van der Waals surface area contributed by atoms with Gasteiger partial charge >= 0.3 is 5.97 Å². The van der Waals surface area contributed by atoms with Crippen molar-refractivity contribution >= 4 is 5.97 Å². The van der Waals surface area contributed by atoms with Crippen LogP contribution in [0.1, 0.15) is 29.3 Å². The molecule has 0 bridgehead atoms. The predicted molar refractivity (Wildman–Crippen MR) is 57.9 cm³/mol. The summed E-state index contributed by atoms with van der Waals surface area (Å²) in [5.74, 6) is 0.984. The van der Waals surface area contributed by atoms with Gasteiger partial charge in [0, 0.05) is 0 Å². The molecule has 1 aliphatic rings. The van der Waals surface area contributed by atoms with Crippen LogP contribution in [-0.2, 0) is 11.2 Å². The van der Waals surface area contributed by atoms with Crippen LogP contribution in [0.5, 0.6) is 11.5 Å². The van der Waals surface area contributed by atoms with E-state index >= 15 is 0 Å². The van der Waals surface area contributed by atoms with Crippen LogP contribution in [0.25, 0.3) is 0 Å². The van der Waals surface area contributed by atoms with Crippen molar-refractivity contribution in [3.8, 4) is 11.5 Å². The maximum Gasteiger partial charge on any atom is 0.338 e. The quantitative estimate of drug-likeness (QED) is 0.735. The summed E-state index contributed by atoms with van der Waals surface area (Å²) < 4.78 is 15.3. The molecule has 0 atom stereocenters. The minimum Gasteiger partial charge on any atom is -0.465 e. The summed E-state index contributed by atoms with van der Waals surface area (Å²) in [5.41, 5.74) is 1.51. The summed E-state index contributed by atoms with van der Waals surface area (Å²) >= 11 is 0. The van der Waals surface area contributed by atoms with Gasteiger partial charge in [-0.1, -0.05) is 13.3 Å². The Labute approximate surface area is 94.1 Å². The molecule has 0 saturated carbocycles. The molecule has 0 aromatic heterocycles. The second-order valence-electron chi connectivity index (χ2n) is 3.60. The maximum atomic E-state index is 11.6. The van der Waals surface area contributed by atoms with Gasteiger partial charge in [-0.05, 0) is 24.1 Å². The third kappa shape index (κ3) is 1.83. The van der Waals surface area contributed by atoms with Crippen molar-refractivity contribution in [2.45, 2.75) is 19.8 Å². The average Bonchev–Trinajstić information content (AvgIpc) is 2.74. The van der Waals surface area contributed by atoms with Gasteiger partial charge in [0.2, 0.25) is 6.79 Å². The zero-order valence-electron chi connectivity index (χ0n) is 9.41. The van der Waals surface area contributed by atoms with E-state index in [1.807, 2.05) is 6.07 Å². The molecule has 0 N–H and O–H groups in total. The van der Waals surface area contributed by atoms with Crippen molar-refractivity contribution < 1.29 is 19.0 Å². The number of benzene rings is 1. The Hall–Kier alpha value is -1.71. The lowest BCUT2D eigenvalue weighted by Gasteiger charge is -2.08. The van der Waals surface area contributed by atoms with Gasteiger partial charge in [0.15, 0.2) is 11.5 Å². The molecule has 0 amide bonds. The first-order valence-corrected chi connectivity index (χ1v) is 5.27. The second-order valence-corrected chi connectivity index (χ2v) is 3.60. The SMILES string of the molecule is CCCc1cc2c(cc1C(=O)OC)OCO2. The largest absolute Gasteiger partial charge is 0.465 e. The van der Waals surface area contributed by atoms with E-state index < -0.39 is 0 Å². The Morgan fingerprint density at radius 1 is 1.38 bits per heavy atom. The highest BCUT2D eigenvalue weighted by atomic mass is 16.7. The third-order valence-corrected chi connectivity index (χ3v) is 2.52. The summed E-state index contributed by atoms with van der Waals surface area (Å²) in [6.45, 7) is 2.27. The lowest BCUT2D eigenvalue weighted by Crippen LogP contribution is -2.05. The Kier molecular flexibility index (Phi) is 2.99. The van der Waals surface area contributed by atoms with Crippen LogP contribution >= 0.6 is 0 Å². The van der Waals surface area contributed by atoms with E-state index in [9.17, 15) is 4.79 Å². The van der Waals surface area contributed by atoms with Crippen molar-refractivity contribution in [1.82, 2.24) is 0 Å². The summed E-state index contributed by atoms with van der Waals surface area (Å²) in [5, 5.41) is 0. The molecule has 4 heteroatoms. The van der Waals surface area contributed by atoms with E-state index in [4.69, 9.17) is 14.2 Å². The van der Waals surface area contributed by atoms with Gasteiger partial charge in [-0.3, -0.25) is 0 Å². The monoisotopic (exact) mass is 222 g/mol. The van der Waals surface area contributed by atoms with Crippen LogP contribution in [-0.4, -0.2) is 19.9 Å². The van der Waals surface area contributed by atoms with Crippen LogP contribution in [0.3, 0.4) is 0 Å². The van der Waals surface area contributed by atoms with E-state index in [1.54, 1.807) is 6.07 Å². The molecule has 1 aromatic rings. The fourth-order valence-corrected chi connectivity index (χ4v) is 1.76. The number of carbonyl (C=O) groups is 1. The number of aryl methyl sites for hydroxylation is 1. The highest BCUT2D eigenvalue weighted by Gasteiger charge is 2.20. The predicted octanol–water partition coefficient (Wildman–Crippen LogP) is 2.15. The molecule has 1 aliphatic heterocycles. The lowest BCUT2D eigenvalue weighted by molar-refractivity contribution is 0.0599. The molecule has 0 unspecified atom stereocenters. The molecule has 0 aliphatic carbocycles. The van der Waals surface area contributed by atoms with E-state index in [-0.39, 0.29) is 12.8 Å². The first-order chi connectivity index (χ1) is 7.76. The highest BCUT2D eigenvalue weighted by molar-refractivity contribution is 5.92. The Morgan fingerprint density at radius 3 is 2.69 bits per heavy atom. The third-order valence-electron chi connectivity index (χ3n) is 2.52. The molecule has 0 radical (unpaired) electrons. The second kappa shape index (κ2) is 4.43. The Morgan fingerprint density at radius 2 is 2.06 bits per heavy atom. The van der Waals surface area contributed by atoms with Crippen LogP contribution in [0, 0.1) is 0 Å². The van der Waals surface area contributed by atoms with Gasteiger partial charge in [0.25, 0.3) is 0 Å². The van der Waals surface area contributed by atoms with E-state index in [0.29, 0.717) is 17.1 Å². The molecule has 4 nitrogen and oxygen atoms in total. The van der Waals surface area contributed by atoms with Crippen molar-refractivity contribution in [2.75, 3.05) is 13.9 Å². The smallest absolute Gasteiger partial charge is 0.338 e. The minimum atomic E-state index is -0.332. The molecular weight excluding hydrogens is 208 g/mol. The minimum absolute atomic E-state index is 0.214. The number of hydrogen-bond donors (Lipinski definition) is 0. The zero-order valence-corrected chi connectivity index (χ0v) is 9.41. The average molecular weight is 222 g/mol. The molecule has 0 saturated heterocycles. The molecule has 2 rings (SSSR count). The number of fused-ring (bicyclic) bond motifs is 1. The normalized spacial score (nSPS) is 12.6. The van der Waals surface area contributed by atoms with E-state index in [0.717, 1.165) is 18.4 Å². The summed E-state index contributed by atoms with van der Waals surface area (Å²) in [6, 6.07) is 3.55. The fourth-order valence-electron chi connectivity index (χ4n) is 1.76. The zero-order chi connectivity index (χ0) is 11.5. The molecular formula is C12H14O4. The van der Waals surface area contributed by atoms with Crippen LogP contribution < -0.4 is 9.47 Å². The maximum absolute atomic E-state index is 11.6. The molecule has 86 valence electrons. The van der Waals surface area contributed by atoms with Gasteiger partial charge in [-0.25, -0.2) is 4.79 Å². The van der Waals surface area contributed by atoms with E-state index in [2.05, 4.69) is 6.92 Å². The van der Waals surface area contributed by atoms with Crippen molar-refractivity contribution in [2.24, 2.45) is 0 Å². The van der Waals surface area contributed by atoms with Crippen LogP contribution in [0.4, 0.5) is 0 Å². The first-order valence-electron chi connectivity index (χ1n) is 5.27. The Bertz CT molecular complexity index is 412. The molecule has 1 heterocycles. The first kappa shape index (κ1) is 10.8. The van der Waals surface area contributed by atoms with Gasteiger partial charge in [-0.15, -0.1) is 0 Å². The van der Waals surface area contributed by atoms with Gasteiger partial charge < -0.3 is 14.2 Å². The van der Waals surface area contributed by atoms with Gasteiger partial charge in [-0.2, -0.15) is 0 Å². The van der Waals surface area contributed by atoms with Crippen molar-refractivity contribution in [3.63, 3.8) is 0 Å². The number of carbonyl (C=O) groups excluding carboxylic acids is 1. The van der Waals surface area contributed by atoms with E-state index in [1.165, 1.54) is 7.11 Å². The van der Waals surface area contributed by atoms with Crippen LogP contribution in [0.15, 0.2) is 12.1 Å². The van der Waals surface area contributed by atoms with Crippen LogP contribution in [0.2, 0.25) is 0 Å². The molecule has 1 aromatic carbocycles. The summed E-state index contributed by atoms with van der Waals surface area (Å²) in [6.07, 6.45) is 1.78. The number of rotatable bonds is 3. The summed E-state index contributed by atoms with van der Waals surface area (Å²) in [7, 11) is 1.38. The van der Waals surface area contributed by atoms with Gasteiger partial charge in [0.05, 0.1) is 12.7 Å². The summed E-state index contributed by atoms with van der Waals surface area (Å²) in [4.78, 5) is 11.6. The Balaban J connectivity index is 2.44. The number of methoxy groups -OCH3 is 1. The van der Waals surface area contributed by atoms with Crippen molar-refractivity contribution in [1.29, 1.82) is 0 Å². The fraction of sp³-hybridized carbons (Fsp3) is 0.417. The topological polar surface area (TPSA) is 44.8 Å². The number of ether oxygens (including phenoxy) is 3. The molecule has 16 heavy (non-hydrogen) atoms. The number of esters is 1. The molecule has 0 spiro atoms. The lowest BCUT2D eigenvalue weighted by atomic mass is 10.0. The molecule has 0 fully saturated rings. The highest BCUT2D eigenvalue weighted by Crippen LogP contribution is 2.35. The standard InChI is InChI=1S/C12H14O4/c1-3-4-8-5-10-11(16-7-15-10)6-9(8)12(13)14-2/h5-6H,3-4,7H2,1-2H3.